The van der Waals surface area contributed by atoms with Gasteiger partial charge in [-0.2, -0.15) is 0 Å². The molecule has 20 heavy (non-hydrogen) atoms. The van der Waals surface area contributed by atoms with Crippen LogP contribution in [0.2, 0.25) is 0 Å². The fourth-order valence-electron chi connectivity index (χ4n) is 1.50. The summed E-state index contributed by atoms with van der Waals surface area (Å²) in [4.78, 5) is 15.4. The zero-order valence-electron chi connectivity index (χ0n) is 12.1. The maximum atomic E-state index is 10.4. The van der Waals surface area contributed by atoms with Crippen molar-refractivity contribution < 1.29 is 14.7 Å². The van der Waals surface area contributed by atoms with Gasteiger partial charge in [-0.05, 0) is 16.5 Å². The number of aliphatic carboxylic acids is 1. The Kier molecular flexibility index (Phi) is 5.53. The summed E-state index contributed by atoms with van der Waals surface area (Å²) in [5.41, 5.74) is 4.56. The van der Waals surface area contributed by atoms with Crippen molar-refractivity contribution in [2.75, 3.05) is 6.61 Å². The zero-order valence-corrected chi connectivity index (χ0v) is 12.1. The first-order valence-corrected chi connectivity index (χ1v) is 6.38. The summed E-state index contributed by atoms with van der Waals surface area (Å²) in [6.07, 6.45) is 3.71. The maximum Gasteiger partial charge on any atom is 0.353 e. The predicted molar refractivity (Wildman–Crippen MR) is 80.0 cm³/mol. The Morgan fingerprint density at radius 2 is 1.95 bits per heavy atom. The first kappa shape index (κ1) is 16.0. The lowest BCUT2D eigenvalue weighted by molar-refractivity contribution is -0.134. The van der Waals surface area contributed by atoms with E-state index in [2.05, 4.69) is 45.0 Å². The van der Waals surface area contributed by atoms with Crippen LogP contribution in [0.3, 0.4) is 0 Å². The number of benzene rings is 1. The molecule has 4 heteroatoms. The quantitative estimate of drug-likeness (QED) is 0.476. The number of hydrogen-bond donors (Lipinski definition) is 2. The third kappa shape index (κ3) is 5.28. The second-order valence-electron chi connectivity index (χ2n) is 5.47. The van der Waals surface area contributed by atoms with Crippen molar-refractivity contribution in [2.24, 2.45) is 0 Å². The molecule has 0 unspecified atom stereocenters. The molecule has 2 N–H and O–H groups in total. The molecule has 108 valence electrons. The second kappa shape index (κ2) is 6.91. The Morgan fingerprint density at radius 3 is 2.45 bits per heavy atom. The number of nitrogens with one attached hydrogen (secondary N) is 1. The van der Waals surface area contributed by atoms with E-state index >= 15 is 0 Å². The molecule has 0 aliphatic carbocycles. The van der Waals surface area contributed by atoms with Gasteiger partial charge in [0, 0.05) is 0 Å². The molecule has 0 amide bonds. The van der Waals surface area contributed by atoms with Gasteiger partial charge in [-0.15, -0.1) is 0 Å². The Morgan fingerprint density at radius 1 is 1.35 bits per heavy atom. The van der Waals surface area contributed by atoms with Crippen molar-refractivity contribution in [2.45, 2.75) is 26.2 Å². The Hall–Kier alpha value is -2.07. The molecule has 0 fully saturated rings. The van der Waals surface area contributed by atoms with E-state index < -0.39 is 5.97 Å². The van der Waals surface area contributed by atoms with Gasteiger partial charge in [0.1, 0.15) is 5.70 Å². The van der Waals surface area contributed by atoms with Gasteiger partial charge in [-0.25, -0.2) is 4.79 Å². The number of rotatable bonds is 6. The number of carboxylic acid groups (broad SMARTS) is 1. The van der Waals surface area contributed by atoms with Crippen molar-refractivity contribution in [3.05, 3.63) is 53.7 Å². The van der Waals surface area contributed by atoms with Crippen LogP contribution < -0.4 is 5.48 Å². The van der Waals surface area contributed by atoms with E-state index in [1.54, 1.807) is 6.08 Å². The molecule has 0 atom stereocenters. The van der Waals surface area contributed by atoms with Gasteiger partial charge in [-0.3, -0.25) is 10.3 Å². The fraction of sp³-hybridized carbons (Fsp3) is 0.312. The van der Waals surface area contributed by atoms with Crippen LogP contribution >= 0.6 is 0 Å². The molecule has 0 heterocycles. The third-order valence-electron chi connectivity index (χ3n) is 2.72. The molecule has 1 rings (SSSR count). The van der Waals surface area contributed by atoms with Crippen LogP contribution in [0, 0.1) is 0 Å². The fourth-order valence-corrected chi connectivity index (χ4v) is 1.50. The molecule has 0 spiro atoms. The lowest BCUT2D eigenvalue weighted by atomic mass is 9.87. The van der Waals surface area contributed by atoms with Gasteiger partial charge >= 0.3 is 5.97 Å². The summed E-state index contributed by atoms with van der Waals surface area (Å²) < 4.78 is 0. The van der Waals surface area contributed by atoms with Crippen LogP contribution in [-0.2, 0) is 15.0 Å². The van der Waals surface area contributed by atoms with E-state index in [1.165, 1.54) is 5.56 Å². The molecule has 1 aromatic carbocycles. The minimum atomic E-state index is -1.13. The van der Waals surface area contributed by atoms with Crippen molar-refractivity contribution >= 4 is 12.0 Å². The summed E-state index contributed by atoms with van der Waals surface area (Å²) >= 11 is 0. The van der Waals surface area contributed by atoms with Gasteiger partial charge in [0.25, 0.3) is 0 Å². The average molecular weight is 275 g/mol. The second-order valence-corrected chi connectivity index (χ2v) is 5.47. The van der Waals surface area contributed by atoms with Crippen LogP contribution in [0.1, 0.15) is 31.9 Å². The van der Waals surface area contributed by atoms with Crippen LogP contribution in [0.25, 0.3) is 6.08 Å². The SMILES string of the molecule is C=C(NOCC=Cc1ccc(C(C)(C)C)cc1)C(=O)O. The minimum absolute atomic E-state index is 0.145. The monoisotopic (exact) mass is 275 g/mol. The van der Waals surface area contributed by atoms with Crippen molar-refractivity contribution in [1.29, 1.82) is 0 Å². The van der Waals surface area contributed by atoms with Crippen molar-refractivity contribution in [1.82, 2.24) is 5.48 Å². The number of hydrogen-bond acceptors (Lipinski definition) is 3. The normalized spacial score (nSPS) is 11.6. The van der Waals surface area contributed by atoms with Crippen LogP contribution in [0.5, 0.6) is 0 Å². The van der Waals surface area contributed by atoms with Crippen LogP contribution in [0.15, 0.2) is 42.6 Å². The van der Waals surface area contributed by atoms with Crippen molar-refractivity contribution in [3.63, 3.8) is 0 Å². The van der Waals surface area contributed by atoms with Crippen LogP contribution in [-0.4, -0.2) is 17.7 Å². The Bertz CT molecular complexity index is 495. The largest absolute Gasteiger partial charge is 0.477 e. The molecule has 0 saturated heterocycles. The average Bonchev–Trinajstić information content (AvgIpc) is 2.37. The lowest BCUT2D eigenvalue weighted by Gasteiger charge is -2.18. The van der Waals surface area contributed by atoms with Gasteiger partial charge in [0.05, 0.1) is 6.61 Å². The molecular formula is C16H21NO3. The van der Waals surface area contributed by atoms with E-state index in [0.29, 0.717) is 0 Å². The summed E-state index contributed by atoms with van der Waals surface area (Å²) in [7, 11) is 0. The van der Waals surface area contributed by atoms with Gasteiger partial charge in [0.15, 0.2) is 0 Å². The zero-order chi connectivity index (χ0) is 15.2. The minimum Gasteiger partial charge on any atom is -0.477 e. The van der Waals surface area contributed by atoms with E-state index in [1.807, 2.05) is 18.2 Å². The molecule has 4 nitrogen and oxygen atoms in total. The Labute approximate surface area is 119 Å². The Balaban J connectivity index is 2.43. The number of hydroxylamine groups is 1. The van der Waals surface area contributed by atoms with Crippen molar-refractivity contribution in [3.8, 4) is 0 Å². The topological polar surface area (TPSA) is 58.6 Å². The standard InChI is InChI=1S/C16H21NO3/c1-12(15(18)19)17-20-11-5-6-13-7-9-14(10-8-13)16(2,3)4/h5-10,17H,1,11H2,2-4H3,(H,18,19). The third-order valence-corrected chi connectivity index (χ3v) is 2.72. The van der Waals surface area contributed by atoms with E-state index in [-0.39, 0.29) is 17.7 Å². The van der Waals surface area contributed by atoms with E-state index in [4.69, 9.17) is 9.94 Å². The molecule has 0 aromatic heterocycles. The van der Waals surface area contributed by atoms with Crippen LogP contribution in [0.4, 0.5) is 0 Å². The smallest absolute Gasteiger partial charge is 0.353 e. The number of carbonyl (C=O) groups is 1. The predicted octanol–water partition coefficient (Wildman–Crippen LogP) is 3.12. The van der Waals surface area contributed by atoms with Gasteiger partial charge in [0.2, 0.25) is 0 Å². The van der Waals surface area contributed by atoms with Gasteiger partial charge < -0.3 is 5.11 Å². The highest BCUT2D eigenvalue weighted by Crippen LogP contribution is 2.22. The first-order chi connectivity index (χ1) is 9.30. The molecule has 0 aliphatic heterocycles. The molecular weight excluding hydrogens is 254 g/mol. The number of carboxylic acids is 1. The summed E-state index contributed by atoms with van der Waals surface area (Å²) in [5.74, 6) is -1.13. The van der Waals surface area contributed by atoms with E-state index in [0.717, 1.165) is 5.56 Å². The molecule has 0 saturated carbocycles. The van der Waals surface area contributed by atoms with E-state index in [9.17, 15) is 4.79 Å². The summed E-state index contributed by atoms with van der Waals surface area (Å²) in [5, 5.41) is 8.55. The summed E-state index contributed by atoms with van der Waals surface area (Å²) in [6, 6.07) is 8.29. The first-order valence-electron chi connectivity index (χ1n) is 6.38. The summed E-state index contributed by atoms with van der Waals surface area (Å²) in [6.45, 7) is 10.1. The maximum absolute atomic E-state index is 10.4. The molecule has 0 bridgehead atoms. The highest BCUT2D eigenvalue weighted by atomic mass is 16.6. The molecule has 1 aromatic rings. The molecule has 0 aliphatic rings. The van der Waals surface area contributed by atoms with Gasteiger partial charge in [-0.1, -0.05) is 63.8 Å². The highest BCUT2D eigenvalue weighted by molar-refractivity contribution is 5.84. The highest BCUT2D eigenvalue weighted by Gasteiger charge is 2.12. The molecule has 0 radical (unpaired) electrons. The lowest BCUT2D eigenvalue weighted by Crippen LogP contribution is -2.19.